The van der Waals surface area contributed by atoms with Crippen LogP contribution in [0.4, 0.5) is 13.2 Å². The summed E-state index contributed by atoms with van der Waals surface area (Å²) >= 11 is 0. The first-order valence-corrected chi connectivity index (χ1v) is 10.7. The number of amides is 1. The first kappa shape index (κ1) is 25.6. The topological polar surface area (TPSA) is 132 Å². The van der Waals surface area contributed by atoms with Crippen LogP contribution in [0.2, 0.25) is 0 Å². The van der Waals surface area contributed by atoms with Gasteiger partial charge in [0.05, 0.1) is 25.5 Å². The van der Waals surface area contributed by atoms with Crippen molar-refractivity contribution in [3.63, 3.8) is 0 Å². The first-order valence-electron chi connectivity index (χ1n) is 10.7. The predicted molar refractivity (Wildman–Crippen MR) is 110 cm³/mol. The highest BCUT2D eigenvalue weighted by molar-refractivity contribution is 5.90. The quantitative estimate of drug-likeness (QED) is 0.575. The van der Waals surface area contributed by atoms with E-state index in [9.17, 15) is 18.0 Å². The molecule has 15 heteroatoms. The van der Waals surface area contributed by atoms with E-state index in [-0.39, 0.29) is 17.6 Å². The van der Waals surface area contributed by atoms with Crippen molar-refractivity contribution in [2.24, 2.45) is 14.1 Å². The van der Waals surface area contributed by atoms with Gasteiger partial charge >= 0.3 is 12.1 Å². The minimum atomic E-state index is -5.08. The Bertz CT molecular complexity index is 987. The number of hydrogen-bond acceptors (Lipinski definition) is 8. The second-order valence-electron chi connectivity index (χ2n) is 8.10. The Balaban J connectivity index is 0.000000406. The van der Waals surface area contributed by atoms with E-state index in [1.807, 2.05) is 7.05 Å². The monoisotopic (exact) mass is 488 g/mol. The smallest absolute Gasteiger partial charge is 0.475 e. The normalized spacial score (nSPS) is 18.4. The zero-order valence-corrected chi connectivity index (χ0v) is 18.9. The Morgan fingerprint density at radius 1 is 1.24 bits per heavy atom. The fourth-order valence-corrected chi connectivity index (χ4v) is 3.91. The molecule has 0 saturated carbocycles. The highest BCUT2D eigenvalue weighted by Crippen LogP contribution is 2.27. The largest absolute Gasteiger partial charge is 0.490 e. The minimum absolute atomic E-state index is 0.0417. The lowest BCUT2D eigenvalue weighted by atomic mass is 9.99. The van der Waals surface area contributed by atoms with Crippen LogP contribution in [0.25, 0.3) is 0 Å². The van der Waals surface area contributed by atoms with Gasteiger partial charge in [-0.05, 0) is 25.9 Å². The standard InChI is InChI=1S/C17H26N8O2.C2HF3O2/c1-22-12-18-16(20-22)17(26)25-9-13(15-14(10-25)19-21-23(15)2)11-27-8-7-24-5-3-4-6-24;3-2(4,5)1(6)7/h12-13H,3-11H2,1-2H3;(H,6,7). The summed E-state index contributed by atoms with van der Waals surface area (Å²) < 4.78 is 41.0. The van der Waals surface area contributed by atoms with Crippen LogP contribution in [-0.2, 0) is 30.2 Å². The summed E-state index contributed by atoms with van der Waals surface area (Å²) in [5.41, 5.74) is 1.87. The van der Waals surface area contributed by atoms with E-state index in [1.54, 1.807) is 16.6 Å². The lowest BCUT2D eigenvalue weighted by Gasteiger charge is -2.31. The van der Waals surface area contributed by atoms with Crippen LogP contribution in [0, 0.1) is 0 Å². The highest BCUT2D eigenvalue weighted by atomic mass is 19.4. The van der Waals surface area contributed by atoms with Gasteiger partial charge in [0, 0.05) is 33.1 Å². The fraction of sp³-hybridized carbons (Fsp3) is 0.684. The third-order valence-corrected chi connectivity index (χ3v) is 5.50. The van der Waals surface area contributed by atoms with Gasteiger partial charge in [-0.15, -0.1) is 10.2 Å². The summed E-state index contributed by atoms with van der Waals surface area (Å²) in [7, 11) is 3.64. The van der Waals surface area contributed by atoms with Crippen molar-refractivity contribution in [3.05, 3.63) is 23.5 Å². The molecular weight excluding hydrogens is 461 g/mol. The SMILES string of the molecule is Cn1cnc(C(=O)N2Cc3nnn(C)c3C(COCCN3CCCC3)C2)n1.O=C(O)C(F)(F)F. The number of carboxylic acid groups (broad SMARTS) is 1. The summed E-state index contributed by atoms with van der Waals surface area (Å²) in [4.78, 5) is 29.9. The Kier molecular flexibility index (Phi) is 8.19. The van der Waals surface area contributed by atoms with Crippen LogP contribution in [0.5, 0.6) is 0 Å². The Morgan fingerprint density at radius 3 is 2.50 bits per heavy atom. The molecule has 12 nitrogen and oxygen atoms in total. The van der Waals surface area contributed by atoms with Crippen LogP contribution in [0.1, 0.15) is 40.8 Å². The molecule has 0 bridgehead atoms. The minimum Gasteiger partial charge on any atom is -0.475 e. The molecule has 2 aromatic heterocycles. The van der Waals surface area contributed by atoms with Crippen LogP contribution < -0.4 is 0 Å². The molecule has 1 fully saturated rings. The maximum absolute atomic E-state index is 12.8. The van der Waals surface area contributed by atoms with Crippen LogP contribution in [-0.4, -0.2) is 102 Å². The first-order chi connectivity index (χ1) is 16.1. The van der Waals surface area contributed by atoms with Gasteiger partial charge in [-0.25, -0.2) is 9.78 Å². The van der Waals surface area contributed by atoms with E-state index < -0.39 is 12.1 Å². The Morgan fingerprint density at radius 2 is 1.91 bits per heavy atom. The van der Waals surface area contributed by atoms with Crippen molar-refractivity contribution in [1.82, 2.24) is 39.6 Å². The van der Waals surface area contributed by atoms with Crippen molar-refractivity contribution < 1.29 is 32.6 Å². The molecule has 2 aliphatic heterocycles. The predicted octanol–water partition coefficient (Wildman–Crippen LogP) is 0.429. The molecule has 34 heavy (non-hydrogen) atoms. The molecular formula is C19H27F3N8O4. The van der Waals surface area contributed by atoms with Gasteiger partial charge in [0.1, 0.15) is 12.0 Å². The number of carboxylic acids is 1. The van der Waals surface area contributed by atoms with Crippen LogP contribution in [0.3, 0.4) is 0 Å². The third-order valence-electron chi connectivity index (χ3n) is 5.50. The summed E-state index contributed by atoms with van der Waals surface area (Å²) in [5, 5.41) is 19.6. The summed E-state index contributed by atoms with van der Waals surface area (Å²) in [6.45, 7) is 5.52. The van der Waals surface area contributed by atoms with Crippen molar-refractivity contribution in [2.75, 3.05) is 39.4 Å². The molecule has 1 saturated heterocycles. The number of rotatable bonds is 6. The molecule has 1 N–H and O–H groups in total. The second-order valence-corrected chi connectivity index (χ2v) is 8.10. The Labute approximate surface area is 193 Å². The van der Waals surface area contributed by atoms with Crippen molar-refractivity contribution in [2.45, 2.75) is 31.5 Å². The number of aromatic nitrogens is 6. The lowest BCUT2D eigenvalue weighted by Crippen LogP contribution is -2.41. The molecule has 4 rings (SSSR count). The number of carbonyl (C=O) groups excluding carboxylic acids is 1. The molecule has 2 aliphatic rings. The van der Waals surface area contributed by atoms with E-state index in [2.05, 4.69) is 25.3 Å². The average molecular weight is 488 g/mol. The highest BCUT2D eigenvalue weighted by Gasteiger charge is 2.38. The number of halogens is 3. The molecule has 4 heterocycles. The maximum Gasteiger partial charge on any atom is 0.490 e. The van der Waals surface area contributed by atoms with Gasteiger partial charge in [0.15, 0.2) is 0 Å². The fourth-order valence-electron chi connectivity index (χ4n) is 3.91. The van der Waals surface area contributed by atoms with Gasteiger partial charge in [0.25, 0.3) is 5.91 Å². The van der Waals surface area contributed by atoms with Gasteiger partial charge in [0.2, 0.25) is 5.82 Å². The van der Waals surface area contributed by atoms with Crippen LogP contribution in [0.15, 0.2) is 6.33 Å². The average Bonchev–Trinajstić information content (AvgIpc) is 3.52. The number of carbonyl (C=O) groups is 2. The lowest BCUT2D eigenvalue weighted by molar-refractivity contribution is -0.192. The van der Waals surface area contributed by atoms with Crippen molar-refractivity contribution in [3.8, 4) is 0 Å². The van der Waals surface area contributed by atoms with Gasteiger partial charge in [-0.3, -0.25) is 14.2 Å². The van der Waals surface area contributed by atoms with Crippen molar-refractivity contribution >= 4 is 11.9 Å². The van der Waals surface area contributed by atoms with E-state index in [0.717, 1.165) is 17.9 Å². The number of likely N-dealkylation sites (tertiary alicyclic amines) is 1. The van der Waals surface area contributed by atoms with Gasteiger partial charge in [-0.2, -0.15) is 13.2 Å². The number of ether oxygens (including phenoxy) is 1. The number of hydrogen-bond donors (Lipinski definition) is 1. The van der Waals surface area contributed by atoms with Crippen molar-refractivity contribution in [1.29, 1.82) is 0 Å². The van der Waals surface area contributed by atoms with Gasteiger partial charge in [-0.1, -0.05) is 5.21 Å². The van der Waals surface area contributed by atoms with E-state index in [4.69, 9.17) is 14.6 Å². The summed E-state index contributed by atoms with van der Waals surface area (Å²) in [6, 6.07) is 0. The molecule has 1 atom stereocenters. The number of nitrogens with zero attached hydrogens (tertiary/aromatic N) is 8. The zero-order valence-electron chi connectivity index (χ0n) is 18.9. The third kappa shape index (κ3) is 6.50. The molecule has 0 aliphatic carbocycles. The zero-order chi connectivity index (χ0) is 24.9. The Hall–Kier alpha value is -3.07. The van der Waals surface area contributed by atoms with Crippen LogP contribution >= 0.6 is 0 Å². The van der Waals surface area contributed by atoms with Gasteiger partial charge < -0.3 is 19.6 Å². The van der Waals surface area contributed by atoms with E-state index in [0.29, 0.717) is 26.3 Å². The molecule has 0 radical (unpaired) electrons. The van der Waals surface area contributed by atoms with E-state index >= 15 is 0 Å². The maximum atomic E-state index is 12.8. The summed E-state index contributed by atoms with van der Waals surface area (Å²) in [6.07, 6.45) is -0.986. The number of aryl methyl sites for hydroxylation is 2. The molecule has 188 valence electrons. The molecule has 0 spiro atoms. The molecule has 2 aromatic rings. The molecule has 1 unspecified atom stereocenters. The molecule has 1 amide bonds. The molecule has 0 aromatic carbocycles. The second kappa shape index (κ2) is 10.9. The summed E-state index contributed by atoms with van der Waals surface area (Å²) in [5.74, 6) is -2.69. The van der Waals surface area contributed by atoms with E-state index in [1.165, 1.54) is 36.9 Å². The number of fused-ring (bicyclic) bond motifs is 1. The number of aliphatic carboxylic acids is 1. The number of alkyl halides is 3.